The summed E-state index contributed by atoms with van der Waals surface area (Å²) in [7, 11) is 0. The van der Waals surface area contributed by atoms with Crippen molar-refractivity contribution < 1.29 is 9.53 Å². The van der Waals surface area contributed by atoms with Crippen LogP contribution in [0, 0.1) is 0 Å². The normalized spacial score (nSPS) is 19.6. The summed E-state index contributed by atoms with van der Waals surface area (Å²) >= 11 is 0. The highest BCUT2D eigenvalue weighted by atomic mass is 16.5. The van der Waals surface area contributed by atoms with E-state index in [4.69, 9.17) is 4.74 Å². The monoisotopic (exact) mass is 316 g/mol. The maximum Gasteiger partial charge on any atom is 0.240 e. The van der Waals surface area contributed by atoms with E-state index in [1.165, 1.54) is 18.4 Å². The molecule has 1 atom stereocenters. The summed E-state index contributed by atoms with van der Waals surface area (Å²) in [5.41, 5.74) is 1.18. The average molecular weight is 316 g/mol. The van der Waals surface area contributed by atoms with Gasteiger partial charge in [-0.25, -0.2) is 0 Å². The first-order valence-corrected chi connectivity index (χ1v) is 8.95. The van der Waals surface area contributed by atoms with Crippen LogP contribution >= 0.6 is 0 Å². The first-order valence-electron chi connectivity index (χ1n) is 8.95. The van der Waals surface area contributed by atoms with Crippen molar-refractivity contribution in [2.45, 2.75) is 58.2 Å². The molecule has 1 aromatic carbocycles. The first kappa shape index (κ1) is 16.3. The number of hydrogen-bond acceptors (Lipinski definition) is 3. The summed E-state index contributed by atoms with van der Waals surface area (Å²) in [4.78, 5) is 17.4. The van der Waals surface area contributed by atoms with Gasteiger partial charge in [0.1, 0.15) is 5.75 Å². The molecular weight excluding hydrogens is 288 g/mol. The average Bonchev–Trinajstić information content (AvgIpc) is 3.26. The lowest BCUT2D eigenvalue weighted by Gasteiger charge is -2.30. The number of amides is 1. The highest BCUT2D eigenvalue weighted by Gasteiger charge is 2.36. The van der Waals surface area contributed by atoms with Crippen molar-refractivity contribution in [1.29, 1.82) is 0 Å². The van der Waals surface area contributed by atoms with Crippen LogP contribution in [0.2, 0.25) is 0 Å². The van der Waals surface area contributed by atoms with E-state index in [1.807, 2.05) is 19.1 Å². The van der Waals surface area contributed by atoms with Gasteiger partial charge in [-0.2, -0.15) is 0 Å². The Morgan fingerprint density at radius 2 is 1.91 bits per heavy atom. The zero-order valence-corrected chi connectivity index (χ0v) is 14.3. The molecule has 3 rings (SSSR count). The van der Waals surface area contributed by atoms with E-state index in [0.29, 0.717) is 25.1 Å². The Balaban J connectivity index is 1.65. The van der Waals surface area contributed by atoms with Gasteiger partial charge in [0, 0.05) is 12.6 Å². The fourth-order valence-corrected chi connectivity index (χ4v) is 3.35. The maximum atomic E-state index is 12.9. The van der Waals surface area contributed by atoms with Crippen LogP contribution in [0.1, 0.15) is 45.1 Å². The summed E-state index contributed by atoms with van der Waals surface area (Å²) in [5, 5.41) is 0. The molecule has 0 N–H and O–H groups in total. The number of rotatable bonds is 7. The molecule has 126 valence electrons. The van der Waals surface area contributed by atoms with Crippen LogP contribution in [0.4, 0.5) is 0 Å². The van der Waals surface area contributed by atoms with Crippen molar-refractivity contribution in [2.75, 3.05) is 19.7 Å². The van der Waals surface area contributed by atoms with E-state index in [1.54, 1.807) is 0 Å². The number of ether oxygens (including phenoxy) is 1. The van der Waals surface area contributed by atoms with E-state index >= 15 is 0 Å². The Kier molecular flexibility index (Phi) is 5.21. The summed E-state index contributed by atoms with van der Waals surface area (Å²) < 4.78 is 5.49. The van der Waals surface area contributed by atoms with Crippen LogP contribution in [0.5, 0.6) is 5.75 Å². The smallest absolute Gasteiger partial charge is 0.240 e. The highest BCUT2D eigenvalue weighted by Crippen LogP contribution is 2.30. The van der Waals surface area contributed by atoms with Crippen molar-refractivity contribution in [1.82, 2.24) is 9.80 Å². The Morgan fingerprint density at radius 1 is 1.26 bits per heavy atom. The number of carbonyl (C=O) groups is 1. The third-order valence-electron chi connectivity index (χ3n) is 4.90. The van der Waals surface area contributed by atoms with E-state index in [0.717, 1.165) is 31.7 Å². The zero-order valence-electron chi connectivity index (χ0n) is 14.3. The lowest BCUT2D eigenvalue weighted by atomic mass is 10.1. The Hall–Kier alpha value is -1.55. The molecule has 4 nitrogen and oxygen atoms in total. The van der Waals surface area contributed by atoms with Gasteiger partial charge < -0.3 is 9.64 Å². The third kappa shape index (κ3) is 4.05. The third-order valence-corrected chi connectivity index (χ3v) is 4.90. The van der Waals surface area contributed by atoms with Gasteiger partial charge in [0.2, 0.25) is 5.91 Å². The maximum absolute atomic E-state index is 12.9. The van der Waals surface area contributed by atoms with Crippen molar-refractivity contribution >= 4 is 5.91 Å². The van der Waals surface area contributed by atoms with Crippen molar-refractivity contribution in [3.05, 3.63) is 29.8 Å². The van der Waals surface area contributed by atoms with Gasteiger partial charge in [0.15, 0.2) is 0 Å². The SMILES string of the molecule is CCOc1ccc(CN(C(=O)[C@H](C)N2CCCC2)C2CC2)cc1. The van der Waals surface area contributed by atoms with Crippen LogP contribution < -0.4 is 4.74 Å². The molecule has 1 saturated heterocycles. The minimum absolute atomic E-state index is 0.0146. The van der Waals surface area contributed by atoms with E-state index in [9.17, 15) is 4.79 Å². The lowest BCUT2D eigenvalue weighted by Crippen LogP contribution is -2.46. The number of benzene rings is 1. The quantitative estimate of drug-likeness (QED) is 0.775. The van der Waals surface area contributed by atoms with Gasteiger partial charge in [-0.15, -0.1) is 0 Å². The van der Waals surface area contributed by atoms with Crippen LogP contribution in [0.3, 0.4) is 0 Å². The molecule has 1 saturated carbocycles. The molecule has 4 heteroatoms. The van der Waals surface area contributed by atoms with E-state index in [-0.39, 0.29) is 6.04 Å². The zero-order chi connectivity index (χ0) is 16.2. The van der Waals surface area contributed by atoms with Gasteiger partial charge in [-0.1, -0.05) is 12.1 Å². The predicted molar refractivity (Wildman–Crippen MR) is 91.5 cm³/mol. The minimum Gasteiger partial charge on any atom is -0.494 e. The molecule has 1 amide bonds. The topological polar surface area (TPSA) is 32.8 Å². The molecule has 0 unspecified atom stereocenters. The van der Waals surface area contributed by atoms with Crippen molar-refractivity contribution in [3.8, 4) is 5.75 Å². The molecule has 1 aromatic rings. The number of hydrogen-bond donors (Lipinski definition) is 0. The first-order chi connectivity index (χ1) is 11.2. The highest BCUT2D eigenvalue weighted by molar-refractivity contribution is 5.82. The van der Waals surface area contributed by atoms with Crippen molar-refractivity contribution in [3.63, 3.8) is 0 Å². The predicted octanol–water partition coefficient (Wildman–Crippen LogP) is 3.06. The molecule has 0 spiro atoms. The Labute approximate surface area is 139 Å². The van der Waals surface area contributed by atoms with Gasteiger partial charge >= 0.3 is 0 Å². The molecular formula is C19H28N2O2. The molecule has 1 heterocycles. The van der Waals surface area contributed by atoms with Crippen molar-refractivity contribution in [2.24, 2.45) is 0 Å². The minimum atomic E-state index is 0.0146. The van der Waals surface area contributed by atoms with Gasteiger partial charge in [-0.05, 0) is 70.3 Å². The molecule has 23 heavy (non-hydrogen) atoms. The second kappa shape index (κ2) is 7.35. The van der Waals surface area contributed by atoms with Crippen LogP contribution in [-0.4, -0.2) is 47.5 Å². The molecule has 1 aliphatic carbocycles. The number of likely N-dealkylation sites (tertiary alicyclic amines) is 1. The summed E-state index contributed by atoms with van der Waals surface area (Å²) in [5.74, 6) is 1.19. The Morgan fingerprint density at radius 3 is 2.48 bits per heavy atom. The molecule has 1 aliphatic heterocycles. The summed E-state index contributed by atoms with van der Waals surface area (Å²) in [6, 6.07) is 8.61. The fraction of sp³-hybridized carbons (Fsp3) is 0.632. The molecule has 0 aromatic heterocycles. The molecule has 0 bridgehead atoms. The number of carbonyl (C=O) groups excluding carboxylic acids is 1. The van der Waals surface area contributed by atoms with Crippen LogP contribution in [-0.2, 0) is 11.3 Å². The van der Waals surface area contributed by atoms with Gasteiger partial charge in [0.05, 0.1) is 12.6 Å². The molecule has 0 radical (unpaired) electrons. The van der Waals surface area contributed by atoms with Gasteiger partial charge in [-0.3, -0.25) is 9.69 Å². The lowest BCUT2D eigenvalue weighted by molar-refractivity contribution is -0.137. The Bertz CT molecular complexity index is 519. The van der Waals surface area contributed by atoms with E-state index in [2.05, 4.69) is 28.9 Å². The summed E-state index contributed by atoms with van der Waals surface area (Å²) in [6.45, 7) is 7.58. The second-order valence-corrected chi connectivity index (χ2v) is 6.69. The van der Waals surface area contributed by atoms with E-state index < -0.39 is 0 Å². The second-order valence-electron chi connectivity index (χ2n) is 6.69. The summed E-state index contributed by atoms with van der Waals surface area (Å²) in [6.07, 6.45) is 4.74. The molecule has 2 fully saturated rings. The number of nitrogens with zero attached hydrogens (tertiary/aromatic N) is 2. The largest absolute Gasteiger partial charge is 0.494 e. The standard InChI is InChI=1S/C19H28N2O2/c1-3-23-18-10-6-16(7-11-18)14-21(17-8-9-17)19(22)15(2)20-12-4-5-13-20/h6-7,10-11,15,17H,3-5,8-9,12-14H2,1-2H3/t15-/m0/s1. The van der Waals surface area contributed by atoms with Crippen LogP contribution in [0.15, 0.2) is 24.3 Å². The van der Waals surface area contributed by atoms with Gasteiger partial charge in [0.25, 0.3) is 0 Å². The fourth-order valence-electron chi connectivity index (χ4n) is 3.35. The van der Waals surface area contributed by atoms with Crippen LogP contribution in [0.25, 0.3) is 0 Å². The molecule has 2 aliphatic rings.